The lowest BCUT2D eigenvalue weighted by Gasteiger charge is -2.32. The molecular formula is C10H21NO3. The number of rotatable bonds is 5. The van der Waals surface area contributed by atoms with E-state index in [2.05, 4.69) is 19.3 Å². The molecule has 4 heteroatoms. The number of ether oxygens (including phenoxy) is 2. The summed E-state index contributed by atoms with van der Waals surface area (Å²) in [5.41, 5.74) is 3.06. The van der Waals surface area contributed by atoms with Gasteiger partial charge in [0.1, 0.15) is 0 Å². The van der Waals surface area contributed by atoms with Gasteiger partial charge in [-0.15, -0.1) is 0 Å². The van der Waals surface area contributed by atoms with Crippen molar-refractivity contribution in [3.63, 3.8) is 0 Å². The molecule has 1 aliphatic heterocycles. The second-order valence-electron chi connectivity index (χ2n) is 3.88. The van der Waals surface area contributed by atoms with Crippen LogP contribution in [0.4, 0.5) is 0 Å². The fourth-order valence-corrected chi connectivity index (χ4v) is 1.80. The molecule has 2 atom stereocenters. The smallest absolute Gasteiger partial charge is 0.0915 e. The van der Waals surface area contributed by atoms with Crippen LogP contribution in [0.2, 0.25) is 0 Å². The van der Waals surface area contributed by atoms with E-state index in [1.54, 1.807) is 7.11 Å². The van der Waals surface area contributed by atoms with Gasteiger partial charge in [-0.2, -0.15) is 5.48 Å². The first kappa shape index (κ1) is 11.9. The van der Waals surface area contributed by atoms with E-state index in [1.807, 2.05) is 0 Å². The minimum atomic E-state index is 0.322. The highest BCUT2D eigenvalue weighted by Gasteiger charge is 2.24. The van der Waals surface area contributed by atoms with E-state index in [9.17, 15) is 0 Å². The summed E-state index contributed by atoms with van der Waals surface area (Å²) in [5.74, 6) is 0. The average molecular weight is 203 g/mol. The Labute approximate surface area is 85.9 Å². The van der Waals surface area contributed by atoms with Gasteiger partial charge in [0.15, 0.2) is 0 Å². The van der Waals surface area contributed by atoms with Crippen LogP contribution in [0, 0.1) is 0 Å². The van der Waals surface area contributed by atoms with E-state index in [0.29, 0.717) is 31.5 Å². The fraction of sp³-hybridized carbons (Fsp3) is 1.00. The van der Waals surface area contributed by atoms with Crippen molar-refractivity contribution in [2.75, 3.05) is 20.3 Å². The van der Waals surface area contributed by atoms with E-state index >= 15 is 0 Å². The Morgan fingerprint density at radius 2 is 1.86 bits per heavy atom. The van der Waals surface area contributed by atoms with Crippen molar-refractivity contribution < 1.29 is 14.3 Å². The van der Waals surface area contributed by atoms with E-state index in [0.717, 1.165) is 12.8 Å². The highest BCUT2D eigenvalue weighted by Crippen LogP contribution is 2.18. The topological polar surface area (TPSA) is 39.7 Å². The monoisotopic (exact) mass is 203 g/mol. The molecular weight excluding hydrogens is 182 g/mol. The lowest BCUT2D eigenvalue weighted by molar-refractivity contribution is -0.0842. The molecule has 1 aliphatic rings. The lowest BCUT2D eigenvalue weighted by atomic mass is 10.0. The van der Waals surface area contributed by atoms with Crippen molar-refractivity contribution in [1.82, 2.24) is 5.48 Å². The Balaban J connectivity index is 2.10. The van der Waals surface area contributed by atoms with Crippen molar-refractivity contribution in [3.05, 3.63) is 0 Å². The SMILES string of the molecule is COCCONC1CC(C)OC(C)C1. The summed E-state index contributed by atoms with van der Waals surface area (Å²) in [4.78, 5) is 5.28. The molecule has 0 aromatic carbocycles. The number of nitrogens with one attached hydrogen (secondary N) is 1. The third kappa shape index (κ3) is 4.37. The van der Waals surface area contributed by atoms with Crippen LogP contribution in [0.25, 0.3) is 0 Å². The molecule has 0 aromatic rings. The standard InChI is InChI=1S/C10H21NO3/c1-8-6-10(7-9(2)14-8)11-13-5-4-12-3/h8-11H,4-7H2,1-3H3. The first-order valence-electron chi connectivity index (χ1n) is 5.24. The molecule has 1 fully saturated rings. The molecule has 84 valence electrons. The Morgan fingerprint density at radius 1 is 1.21 bits per heavy atom. The molecule has 0 bridgehead atoms. The molecule has 2 unspecified atom stereocenters. The normalized spacial score (nSPS) is 33.2. The molecule has 0 amide bonds. The van der Waals surface area contributed by atoms with Crippen LogP contribution in [0.1, 0.15) is 26.7 Å². The second-order valence-corrected chi connectivity index (χ2v) is 3.88. The van der Waals surface area contributed by atoms with Gasteiger partial charge in [-0.25, -0.2) is 0 Å². The Hall–Kier alpha value is -0.160. The zero-order valence-corrected chi connectivity index (χ0v) is 9.29. The van der Waals surface area contributed by atoms with Crippen LogP contribution < -0.4 is 5.48 Å². The summed E-state index contributed by atoms with van der Waals surface area (Å²) >= 11 is 0. The molecule has 4 nitrogen and oxygen atoms in total. The van der Waals surface area contributed by atoms with Gasteiger partial charge in [-0.05, 0) is 26.7 Å². The van der Waals surface area contributed by atoms with Crippen LogP contribution >= 0.6 is 0 Å². The molecule has 0 radical (unpaired) electrons. The molecule has 1 heterocycles. The summed E-state index contributed by atoms with van der Waals surface area (Å²) in [6, 6.07) is 0.408. The summed E-state index contributed by atoms with van der Waals surface area (Å²) in [6.07, 6.45) is 2.67. The Kier molecular flexibility index (Phi) is 5.40. The second kappa shape index (κ2) is 6.35. The third-order valence-electron chi connectivity index (χ3n) is 2.34. The van der Waals surface area contributed by atoms with Gasteiger partial charge in [-0.1, -0.05) is 0 Å². The number of hydrogen-bond donors (Lipinski definition) is 1. The summed E-state index contributed by atoms with van der Waals surface area (Å²) in [6.45, 7) is 5.41. The highest BCUT2D eigenvalue weighted by atomic mass is 16.7. The van der Waals surface area contributed by atoms with Gasteiger partial charge in [-0.3, -0.25) is 4.84 Å². The van der Waals surface area contributed by atoms with Crippen molar-refractivity contribution in [2.24, 2.45) is 0 Å². The molecule has 0 aromatic heterocycles. The predicted octanol–water partition coefficient (Wildman–Crippen LogP) is 1.11. The van der Waals surface area contributed by atoms with Gasteiger partial charge in [0.05, 0.1) is 25.4 Å². The van der Waals surface area contributed by atoms with Crippen LogP contribution in [-0.2, 0) is 14.3 Å². The minimum absolute atomic E-state index is 0.322. The van der Waals surface area contributed by atoms with Gasteiger partial charge in [0, 0.05) is 13.2 Å². The summed E-state index contributed by atoms with van der Waals surface area (Å²) < 4.78 is 10.5. The van der Waals surface area contributed by atoms with Crippen molar-refractivity contribution in [3.8, 4) is 0 Å². The molecule has 0 saturated carbocycles. The summed E-state index contributed by atoms with van der Waals surface area (Å²) in [7, 11) is 1.67. The Bertz CT molecular complexity index is 144. The van der Waals surface area contributed by atoms with Crippen molar-refractivity contribution in [2.45, 2.75) is 44.9 Å². The van der Waals surface area contributed by atoms with Gasteiger partial charge in [0.25, 0.3) is 0 Å². The molecule has 14 heavy (non-hydrogen) atoms. The predicted molar refractivity (Wildman–Crippen MR) is 54.0 cm³/mol. The largest absolute Gasteiger partial charge is 0.382 e. The van der Waals surface area contributed by atoms with E-state index in [4.69, 9.17) is 14.3 Å². The lowest BCUT2D eigenvalue weighted by Crippen LogP contribution is -2.41. The van der Waals surface area contributed by atoms with Gasteiger partial charge in [0.2, 0.25) is 0 Å². The maximum Gasteiger partial charge on any atom is 0.0915 e. The quantitative estimate of drug-likeness (QED) is 0.536. The number of hydrogen-bond acceptors (Lipinski definition) is 4. The fourth-order valence-electron chi connectivity index (χ4n) is 1.80. The average Bonchev–Trinajstić information content (AvgIpc) is 2.11. The van der Waals surface area contributed by atoms with Crippen LogP contribution in [-0.4, -0.2) is 38.6 Å². The van der Waals surface area contributed by atoms with Crippen LogP contribution in [0.15, 0.2) is 0 Å². The number of methoxy groups -OCH3 is 1. The molecule has 1 rings (SSSR count). The maximum absolute atomic E-state index is 5.62. The third-order valence-corrected chi connectivity index (χ3v) is 2.34. The summed E-state index contributed by atoms with van der Waals surface area (Å²) in [5, 5.41) is 0. The van der Waals surface area contributed by atoms with Crippen LogP contribution in [0.3, 0.4) is 0 Å². The molecule has 1 N–H and O–H groups in total. The zero-order valence-electron chi connectivity index (χ0n) is 9.29. The first-order chi connectivity index (χ1) is 6.72. The van der Waals surface area contributed by atoms with E-state index in [1.165, 1.54) is 0 Å². The maximum atomic E-state index is 5.62. The first-order valence-corrected chi connectivity index (χ1v) is 5.24. The van der Waals surface area contributed by atoms with Gasteiger partial charge >= 0.3 is 0 Å². The van der Waals surface area contributed by atoms with Crippen LogP contribution in [0.5, 0.6) is 0 Å². The van der Waals surface area contributed by atoms with E-state index < -0.39 is 0 Å². The Morgan fingerprint density at radius 3 is 2.43 bits per heavy atom. The van der Waals surface area contributed by atoms with Gasteiger partial charge < -0.3 is 9.47 Å². The zero-order chi connectivity index (χ0) is 10.4. The molecule has 0 spiro atoms. The molecule has 1 saturated heterocycles. The van der Waals surface area contributed by atoms with Crippen molar-refractivity contribution >= 4 is 0 Å². The van der Waals surface area contributed by atoms with E-state index in [-0.39, 0.29) is 0 Å². The van der Waals surface area contributed by atoms with Crippen molar-refractivity contribution in [1.29, 1.82) is 0 Å². The minimum Gasteiger partial charge on any atom is -0.382 e. The highest BCUT2D eigenvalue weighted by molar-refractivity contribution is 4.76. The number of hydroxylamine groups is 1. The molecule has 0 aliphatic carbocycles.